The predicted octanol–water partition coefficient (Wildman–Crippen LogP) is 1.28. The SMILES string of the molecule is Cc1ccc(S(=O)(=O)N2CC[C@@H]([P+](c3ccccc3)(c3ccccc3)c3ccccc3)C2=O)cc1.[Br-]. The second kappa shape index (κ2) is 10.7. The van der Waals surface area contributed by atoms with E-state index in [1.165, 1.54) is 0 Å². The third kappa shape index (κ3) is 4.43. The Morgan fingerprint density at radius 3 is 1.53 bits per heavy atom. The molecule has 0 unspecified atom stereocenters. The van der Waals surface area contributed by atoms with Crippen molar-refractivity contribution in [1.82, 2.24) is 4.31 Å². The van der Waals surface area contributed by atoms with Gasteiger partial charge in [-0.2, -0.15) is 0 Å². The Balaban J connectivity index is 0.00000304. The third-order valence-electron chi connectivity index (χ3n) is 6.70. The molecule has 0 saturated carbocycles. The highest BCUT2D eigenvalue weighted by atomic mass is 79.9. The Kier molecular flexibility index (Phi) is 7.79. The molecule has 1 aliphatic heterocycles. The highest BCUT2D eigenvalue weighted by Crippen LogP contribution is 2.62. The number of halogens is 1. The molecule has 0 N–H and O–H groups in total. The first kappa shape index (κ1) is 26.3. The number of aryl methyl sites for hydroxylation is 1. The van der Waals surface area contributed by atoms with Crippen molar-refractivity contribution >= 4 is 39.1 Å². The molecule has 0 spiro atoms. The van der Waals surface area contributed by atoms with Gasteiger partial charge in [-0.15, -0.1) is 0 Å². The lowest BCUT2D eigenvalue weighted by Gasteiger charge is -2.31. The van der Waals surface area contributed by atoms with E-state index in [0.717, 1.165) is 25.8 Å². The second-order valence-electron chi connectivity index (χ2n) is 8.76. The van der Waals surface area contributed by atoms with Crippen LogP contribution in [0, 0.1) is 6.92 Å². The molecule has 7 heteroatoms. The van der Waals surface area contributed by atoms with Crippen LogP contribution in [0.4, 0.5) is 0 Å². The molecule has 1 heterocycles. The number of amides is 1. The maximum Gasteiger partial charge on any atom is 0.278 e. The van der Waals surface area contributed by atoms with Gasteiger partial charge in [-0.1, -0.05) is 72.3 Å². The van der Waals surface area contributed by atoms with Crippen molar-refractivity contribution < 1.29 is 30.2 Å². The summed E-state index contributed by atoms with van der Waals surface area (Å²) in [6.45, 7) is 2.08. The number of sulfonamides is 1. The van der Waals surface area contributed by atoms with E-state index < -0.39 is 22.9 Å². The molecule has 0 aliphatic carbocycles. The van der Waals surface area contributed by atoms with Gasteiger partial charge in [0, 0.05) is 13.0 Å². The molecule has 4 aromatic rings. The summed E-state index contributed by atoms with van der Waals surface area (Å²) in [6, 6.07) is 37.1. The van der Waals surface area contributed by atoms with E-state index in [4.69, 9.17) is 0 Å². The van der Waals surface area contributed by atoms with E-state index in [9.17, 15) is 13.2 Å². The number of benzene rings is 4. The van der Waals surface area contributed by atoms with Crippen LogP contribution in [0.5, 0.6) is 0 Å². The molecule has 1 fully saturated rings. The molecule has 0 radical (unpaired) electrons. The van der Waals surface area contributed by atoms with Crippen LogP contribution < -0.4 is 32.9 Å². The van der Waals surface area contributed by atoms with Crippen LogP contribution in [0.25, 0.3) is 0 Å². The van der Waals surface area contributed by atoms with E-state index in [1.54, 1.807) is 24.3 Å². The van der Waals surface area contributed by atoms with Crippen LogP contribution in [-0.2, 0) is 14.8 Å². The maximum absolute atomic E-state index is 14.1. The molecule has 1 saturated heterocycles. The quantitative estimate of drug-likeness (QED) is 0.323. The fourth-order valence-corrected chi connectivity index (χ4v) is 11.4. The van der Waals surface area contributed by atoms with Gasteiger partial charge >= 0.3 is 0 Å². The Bertz CT molecular complexity index is 1330. The zero-order valence-corrected chi connectivity index (χ0v) is 23.2. The molecule has 0 aromatic heterocycles. The number of carbonyl (C=O) groups excluding carboxylic acids is 1. The van der Waals surface area contributed by atoms with Crippen LogP contribution in [0.2, 0.25) is 0 Å². The maximum atomic E-state index is 14.1. The summed E-state index contributed by atoms with van der Waals surface area (Å²) >= 11 is 0. The molecule has 36 heavy (non-hydrogen) atoms. The Morgan fingerprint density at radius 2 is 1.11 bits per heavy atom. The van der Waals surface area contributed by atoms with Crippen molar-refractivity contribution in [2.24, 2.45) is 0 Å². The molecule has 1 aliphatic rings. The Morgan fingerprint density at radius 1 is 0.694 bits per heavy atom. The number of hydrogen-bond acceptors (Lipinski definition) is 3. The molecule has 5 rings (SSSR count). The predicted molar refractivity (Wildman–Crippen MR) is 144 cm³/mol. The summed E-state index contributed by atoms with van der Waals surface area (Å²) in [7, 11) is -6.46. The molecule has 4 nitrogen and oxygen atoms in total. The van der Waals surface area contributed by atoms with Crippen molar-refractivity contribution in [2.75, 3.05) is 6.54 Å². The minimum atomic E-state index is -3.94. The average molecular weight is 580 g/mol. The minimum absolute atomic E-state index is 0. The van der Waals surface area contributed by atoms with Crippen LogP contribution in [-0.4, -0.2) is 30.8 Å². The molecule has 1 atom stereocenters. The number of hydrogen-bond donors (Lipinski definition) is 0. The molecular formula is C29H27BrNO3PS. The highest BCUT2D eigenvalue weighted by molar-refractivity contribution is 7.97. The van der Waals surface area contributed by atoms with E-state index >= 15 is 0 Å². The zero-order valence-electron chi connectivity index (χ0n) is 19.9. The van der Waals surface area contributed by atoms with E-state index in [1.807, 2.05) is 61.5 Å². The monoisotopic (exact) mass is 579 g/mol. The largest absolute Gasteiger partial charge is 1.00 e. The van der Waals surface area contributed by atoms with Gasteiger partial charge < -0.3 is 17.0 Å². The van der Waals surface area contributed by atoms with Crippen LogP contribution in [0.15, 0.2) is 120 Å². The summed E-state index contributed by atoms with van der Waals surface area (Å²) < 4.78 is 28.2. The fourth-order valence-electron chi connectivity index (χ4n) is 5.05. The first-order valence-corrected chi connectivity index (χ1v) is 14.9. The van der Waals surface area contributed by atoms with E-state index in [0.29, 0.717) is 6.42 Å². The Hall–Kier alpha value is -2.79. The smallest absolute Gasteiger partial charge is 0.278 e. The van der Waals surface area contributed by atoms with Crippen LogP contribution in [0.1, 0.15) is 12.0 Å². The minimum Gasteiger partial charge on any atom is -1.00 e. The van der Waals surface area contributed by atoms with Gasteiger partial charge in [0.2, 0.25) is 0 Å². The van der Waals surface area contributed by atoms with Crippen molar-refractivity contribution in [1.29, 1.82) is 0 Å². The second-order valence-corrected chi connectivity index (χ2v) is 14.2. The highest BCUT2D eigenvalue weighted by Gasteiger charge is 2.60. The average Bonchev–Trinajstić information content (AvgIpc) is 3.29. The van der Waals surface area contributed by atoms with Crippen molar-refractivity contribution in [3.63, 3.8) is 0 Å². The standard InChI is InChI=1S/C29H27NO3PS.BrH/c1-23-17-19-27(20-18-23)35(32,33)30-22-21-28(29(30)31)34(24-11-5-2-6-12-24,25-13-7-3-8-14-25)26-15-9-4-10-16-26;/h2-20,28H,21-22H2,1H3;1H/q+1;/p-1/t28-;/m1./s1. The van der Waals surface area contributed by atoms with Gasteiger partial charge in [0.1, 0.15) is 23.2 Å². The summed E-state index contributed by atoms with van der Waals surface area (Å²) in [5.41, 5.74) is 0.492. The number of nitrogens with zero attached hydrogens (tertiary/aromatic N) is 1. The zero-order chi connectivity index (χ0) is 24.5. The van der Waals surface area contributed by atoms with Crippen molar-refractivity contribution in [3.05, 3.63) is 121 Å². The lowest BCUT2D eigenvalue weighted by atomic mass is 10.2. The summed E-state index contributed by atoms with van der Waals surface area (Å²) in [6.07, 6.45) is 0.469. The van der Waals surface area contributed by atoms with E-state index in [-0.39, 0.29) is 34.3 Å². The fraction of sp³-hybridized carbons (Fsp3) is 0.138. The lowest BCUT2D eigenvalue weighted by molar-refractivity contribution is -0.123. The van der Waals surface area contributed by atoms with Gasteiger partial charge in [-0.3, -0.25) is 4.79 Å². The van der Waals surface area contributed by atoms with Crippen LogP contribution in [0.3, 0.4) is 0 Å². The van der Waals surface area contributed by atoms with Crippen molar-refractivity contribution in [2.45, 2.75) is 23.9 Å². The van der Waals surface area contributed by atoms with Gasteiger partial charge in [-0.25, -0.2) is 12.7 Å². The summed E-state index contributed by atoms with van der Waals surface area (Å²) in [5.74, 6) is -0.324. The summed E-state index contributed by atoms with van der Waals surface area (Å²) in [4.78, 5) is 14.3. The van der Waals surface area contributed by atoms with Gasteiger partial charge in [-0.05, 0) is 55.5 Å². The number of carbonyl (C=O) groups is 1. The first-order chi connectivity index (χ1) is 17.0. The van der Waals surface area contributed by atoms with Gasteiger partial charge in [0.05, 0.1) is 4.90 Å². The molecule has 184 valence electrons. The molecule has 1 amide bonds. The molecule has 4 aromatic carbocycles. The summed E-state index contributed by atoms with van der Waals surface area (Å²) in [5, 5.41) is 3.22. The molecular weight excluding hydrogens is 553 g/mol. The third-order valence-corrected chi connectivity index (χ3v) is 13.3. The molecule has 0 bridgehead atoms. The van der Waals surface area contributed by atoms with Crippen LogP contribution >= 0.6 is 7.26 Å². The van der Waals surface area contributed by atoms with Gasteiger partial charge in [0.25, 0.3) is 15.9 Å². The van der Waals surface area contributed by atoms with E-state index in [2.05, 4.69) is 36.4 Å². The topological polar surface area (TPSA) is 54.5 Å². The van der Waals surface area contributed by atoms with Gasteiger partial charge in [0.15, 0.2) is 5.66 Å². The number of rotatable bonds is 6. The normalized spacial score (nSPS) is 16.0. The Labute approximate surface area is 224 Å². The first-order valence-electron chi connectivity index (χ1n) is 11.6. The van der Waals surface area contributed by atoms with Crippen molar-refractivity contribution in [3.8, 4) is 0 Å². The lowest BCUT2D eigenvalue weighted by Crippen LogP contribution is -3.00.